The fourth-order valence-corrected chi connectivity index (χ4v) is 6.59. The van der Waals surface area contributed by atoms with Crippen molar-refractivity contribution in [3.05, 3.63) is 18.5 Å². The third-order valence-corrected chi connectivity index (χ3v) is 9.15. The number of anilines is 2. The molecule has 7 rings (SSSR count). The first-order valence-electron chi connectivity index (χ1n) is 14.3. The first-order valence-corrected chi connectivity index (χ1v) is 14.3. The molecule has 214 valence electrons. The highest BCUT2D eigenvalue weighted by molar-refractivity contribution is 5.96. The number of pyridine rings is 1. The number of ether oxygens (including phenoxy) is 1. The topological polar surface area (TPSA) is 124 Å². The number of likely N-dealkylation sites (tertiary alicyclic amines) is 1. The summed E-state index contributed by atoms with van der Waals surface area (Å²) in [5.41, 5.74) is 0.0835. The molecule has 3 aromatic rings. The Labute approximate surface area is 232 Å². The molecule has 2 saturated carbocycles. The summed E-state index contributed by atoms with van der Waals surface area (Å²) in [7, 11) is 1.70. The van der Waals surface area contributed by atoms with Gasteiger partial charge in [0.1, 0.15) is 11.4 Å². The number of carbonyl (C=O) groups is 1. The van der Waals surface area contributed by atoms with Crippen molar-refractivity contribution in [3.63, 3.8) is 0 Å². The Hall–Kier alpha value is -3.25. The van der Waals surface area contributed by atoms with Gasteiger partial charge in [0.2, 0.25) is 0 Å². The highest BCUT2D eigenvalue weighted by Gasteiger charge is 2.60. The summed E-state index contributed by atoms with van der Waals surface area (Å²) in [4.78, 5) is 22.2. The second-order valence-electron chi connectivity index (χ2n) is 12.8. The van der Waals surface area contributed by atoms with Crippen LogP contribution in [0, 0.1) is 5.92 Å². The van der Waals surface area contributed by atoms with E-state index in [1.807, 2.05) is 11.0 Å². The van der Waals surface area contributed by atoms with E-state index < -0.39 is 11.3 Å². The first kappa shape index (κ1) is 25.7. The second kappa shape index (κ2) is 8.87. The van der Waals surface area contributed by atoms with Gasteiger partial charge < -0.3 is 25.0 Å². The number of nitrogens with zero attached hydrogens (tertiary/aromatic N) is 6. The lowest BCUT2D eigenvalue weighted by Gasteiger charge is -2.45. The van der Waals surface area contributed by atoms with Gasteiger partial charge in [0, 0.05) is 38.5 Å². The molecule has 3 N–H and O–H groups in total. The Balaban J connectivity index is 1.15. The van der Waals surface area contributed by atoms with Gasteiger partial charge in [0.25, 0.3) is 0 Å². The maximum atomic E-state index is 14.8. The van der Waals surface area contributed by atoms with Gasteiger partial charge in [-0.15, -0.1) is 0 Å². The van der Waals surface area contributed by atoms with Gasteiger partial charge in [0.05, 0.1) is 46.7 Å². The predicted octanol–water partition coefficient (Wildman–Crippen LogP) is 3.71. The summed E-state index contributed by atoms with van der Waals surface area (Å²) >= 11 is 0. The third-order valence-electron chi connectivity index (χ3n) is 9.15. The van der Waals surface area contributed by atoms with E-state index in [0.717, 1.165) is 55.5 Å². The molecular formula is C28H37FN8O3. The molecular weight excluding hydrogens is 515 g/mol. The molecule has 0 unspecified atom stereocenters. The Morgan fingerprint density at radius 2 is 2.05 bits per heavy atom. The van der Waals surface area contributed by atoms with Gasteiger partial charge in [-0.3, -0.25) is 14.8 Å². The minimum absolute atomic E-state index is 0.0886. The average molecular weight is 553 g/mol. The number of hydrogen-bond donors (Lipinski definition) is 3. The molecule has 2 aliphatic heterocycles. The van der Waals surface area contributed by atoms with E-state index in [1.165, 1.54) is 13.8 Å². The molecule has 2 aliphatic carbocycles. The van der Waals surface area contributed by atoms with E-state index in [-0.39, 0.29) is 24.2 Å². The largest absolute Gasteiger partial charge is 0.389 e. The summed E-state index contributed by atoms with van der Waals surface area (Å²) < 4.78 is 21.9. The van der Waals surface area contributed by atoms with Crippen LogP contribution in [0.4, 0.5) is 20.7 Å². The Bertz CT molecular complexity index is 1450. The standard InChI is InChI=1S/C28H37FN8O3/c1-26(2,29)16-37-22-10-20(30-11-19(22)24(34-37)35-13-18(14-35)40-3)23-21(12-31-33-23)32-25(38)36-9-8-28(39,17-4-5-17)15-27(36)6-7-27/h10-12,17-18,39H,4-9,13-16H2,1-3H3,(H,31,33)(H,32,38)/t28-/m1/s1. The number of urea groups is 1. The van der Waals surface area contributed by atoms with Crippen LogP contribution in [0.3, 0.4) is 0 Å². The van der Waals surface area contributed by atoms with E-state index in [4.69, 9.17) is 14.8 Å². The quantitative estimate of drug-likeness (QED) is 0.408. The van der Waals surface area contributed by atoms with Gasteiger partial charge in [-0.2, -0.15) is 10.2 Å². The van der Waals surface area contributed by atoms with Crippen molar-refractivity contribution in [2.75, 3.05) is 37.0 Å². The maximum Gasteiger partial charge on any atom is 0.322 e. The predicted molar refractivity (Wildman–Crippen MR) is 148 cm³/mol. The van der Waals surface area contributed by atoms with E-state index in [1.54, 1.807) is 24.2 Å². The molecule has 12 heteroatoms. The average Bonchev–Trinajstić information content (AvgIpc) is 3.79. The van der Waals surface area contributed by atoms with E-state index in [0.29, 0.717) is 42.4 Å². The molecule has 1 spiro atoms. The molecule has 1 atom stereocenters. The molecule has 5 heterocycles. The first-order chi connectivity index (χ1) is 19.1. The summed E-state index contributed by atoms with van der Waals surface area (Å²) in [5, 5.41) is 27.0. The summed E-state index contributed by atoms with van der Waals surface area (Å²) in [5.74, 6) is 1.15. The fraction of sp³-hybridized carbons (Fsp3) is 0.643. The SMILES string of the molecule is COC1CN(c2nn(CC(C)(C)F)c3cc(-c4[nH]ncc4NC(=O)N4CC[C@](O)(C5CC5)CC45CC5)ncc23)C1. The van der Waals surface area contributed by atoms with Crippen molar-refractivity contribution >= 4 is 28.4 Å². The normalized spacial score (nSPS) is 24.5. The lowest BCUT2D eigenvalue weighted by atomic mass is 9.81. The van der Waals surface area contributed by atoms with Gasteiger partial charge in [0.15, 0.2) is 5.82 Å². The zero-order chi connectivity index (χ0) is 27.9. The van der Waals surface area contributed by atoms with Crippen LogP contribution in [0.2, 0.25) is 0 Å². The van der Waals surface area contributed by atoms with Gasteiger partial charge in [-0.25, -0.2) is 9.18 Å². The number of nitrogens with one attached hydrogen (secondary N) is 2. The number of rotatable bonds is 7. The van der Waals surface area contributed by atoms with E-state index in [9.17, 15) is 14.3 Å². The van der Waals surface area contributed by atoms with Crippen molar-refractivity contribution in [3.8, 4) is 11.4 Å². The molecule has 0 aromatic carbocycles. The number of hydrogen-bond acceptors (Lipinski definition) is 7. The number of amides is 2. The van der Waals surface area contributed by atoms with Crippen LogP contribution in [0.1, 0.15) is 52.4 Å². The summed E-state index contributed by atoms with van der Waals surface area (Å²) in [6.45, 7) is 5.14. The number of H-pyrrole nitrogens is 1. The van der Waals surface area contributed by atoms with Crippen LogP contribution < -0.4 is 10.2 Å². The number of fused-ring (bicyclic) bond motifs is 1. The van der Waals surface area contributed by atoms with Crippen molar-refractivity contribution in [2.24, 2.45) is 5.92 Å². The number of aliphatic hydroxyl groups is 1. The van der Waals surface area contributed by atoms with E-state index >= 15 is 0 Å². The fourth-order valence-electron chi connectivity index (χ4n) is 6.59. The van der Waals surface area contributed by atoms with Crippen LogP contribution in [0.25, 0.3) is 22.3 Å². The number of alkyl halides is 1. The smallest absolute Gasteiger partial charge is 0.322 e. The molecule has 4 aliphatic rings. The number of halogens is 1. The Morgan fingerprint density at radius 3 is 2.73 bits per heavy atom. The molecule has 4 fully saturated rings. The van der Waals surface area contributed by atoms with Gasteiger partial charge >= 0.3 is 6.03 Å². The van der Waals surface area contributed by atoms with Crippen LogP contribution in [-0.4, -0.2) is 90.7 Å². The molecule has 3 aromatic heterocycles. The number of aromatic amines is 1. The molecule has 2 amide bonds. The third kappa shape index (κ3) is 4.41. The van der Waals surface area contributed by atoms with E-state index in [2.05, 4.69) is 20.4 Å². The number of methoxy groups -OCH3 is 1. The summed E-state index contributed by atoms with van der Waals surface area (Å²) in [6, 6.07) is 1.68. The number of piperidine rings is 1. The molecule has 40 heavy (non-hydrogen) atoms. The van der Waals surface area contributed by atoms with Crippen LogP contribution in [-0.2, 0) is 11.3 Å². The van der Waals surface area contributed by atoms with Crippen molar-refractivity contribution in [2.45, 2.75) is 81.8 Å². The monoisotopic (exact) mass is 552 g/mol. The lowest BCUT2D eigenvalue weighted by Crippen LogP contribution is -2.56. The number of aromatic nitrogens is 5. The summed E-state index contributed by atoms with van der Waals surface area (Å²) in [6.07, 6.45) is 8.78. The zero-order valence-electron chi connectivity index (χ0n) is 23.3. The molecule has 0 bridgehead atoms. The maximum absolute atomic E-state index is 14.8. The second-order valence-corrected chi connectivity index (χ2v) is 12.8. The van der Waals surface area contributed by atoms with Crippen molar-refractivity contribution in [1.29, 1.82) is 0 Å². The molecule has 0 radical (unpaired) electrons. The van der Waals surface area contributed by atoms with Crippen LogP contribution in [0.15, 0.2) is 18.5 Å². The van der Waals surface area contributed by atoms with Crippen LogP contribution in [0.5, 0.6) is 0 Å². The van der Waals surface area contributed by atoms with Crippen molar-refractivity contribution < 1.29 is 19.0 Å². The minimum atomic E-state index is -1.46. The van der Waals surface area contributed by atoms with Crippen LogP contribution >= 0.6 is 0 Å². The molecule has 11 nitrogen and oxygen atoms in total. The van der Waals surface area contributed by atoms with Crippen molar-refractivity contribution in [1.82, 2.24) is 29.9 Å². The Kier molecular flexibility index (Phi) is 5.70. The molecule has 2 saturated heterocycles. The van der Waals surface area contributed by atoms with Gasteiger partial charge in [-0.1, -0.05) is 0 Å². The Morgan fingerprint density at radius 1 is 1.27 bits per heavy atom. The lowest BCUT2D eigenvalue weighted by molar-refractivity contribution is -0.0568. The highest BCUT2D eigenvalue weighted by Crippen LogP contribution is 2.56. The highest BCUT2D eigenvalue weighted by atomic mass is 19.1. The number of carbonyl (C=O) groups excluding carboxylic acids is 1. The van der Waals surface area contributed by atoms with Gasteiger partial charge in [-0.05, 0) is 64.4 Å². The minimum Gasteiger partial charge on any atom is -0.389 e. The zero-order valence-corrected chi connectivity index (χ0v) is 23.3.